The largest absolute Gasteiger partial charge is 0.473 e. The van der Waals surface area contributed by atoms with Gasteiger partial charge in [-0.1, -0.05) is 36.4 Å². The number of hydrogen-bond donors (Lipinski definition) is 2. The molecular weight excluding hydrogens is 633 g/mol. The summed E-state index contributed by atoms with van der Waals surface area (Å²) in [6.07, 6.45) is 10.6. The van der Waals surface area contributed by atoms with E-state index in [4.69, 9.17) is 19.8 Å². The van der Waals surface area contributed by atoms with Crippen LogP contribution >= 0.6 is 0 Å². The topological polar surface area (TPSA) is 152 Å². The minimum Gasteiger partial charge on any atom is -0.473 e. The molecule has 0 fully saturated rings. The minimum absolute atomic E-state index is 0. The van der Waals surface area contributed by atoms with Gasteiger partial charge >= 0.3 is 11.9 Å². The minimum atomic E-state index is -1.82. The summed E-state index contributed by atoms with van der Waals surface area (Å²) in [5.74, 6) is -3.65. The van der Waals surface area contributed by atoms with E-state index in [0.29, 0.717) is 0 Å². The molecule has 0 aliphatic heterocycles. The molecular formula is C32H26N6O4Ru. The van der Waals surface area contributed by atoms with Crippen molar-refractivity contribution in [2.75, 3.05) is 0 Å². The fraction of sp³-hybridized carbons (Fsp3) is 0. The Morgan fingerprint density at radius 1 is 0.349 bits per heavy atom. The number of aromatic nitrogens is 6. The van der Waals surface area contributed by atoms with Gasteiger partial charge in [0.05, 0.1) is 34.2 Å². The summed E-state index contributed by atoms with van der Waals surface area (Å²) in [6, 6.07) is 34.8. The van der Waals surface area contributed by atoms with E-state index < -0.39 is 11.9 Å². The van der Waals surface area contributed by atoms with Gasteiger partial charge in [-0.3, -0.25) is 29.9 Å². The zero-order valence-corrected chi connectivity index (χ0v) is 24.3. The van der Waals surface area contributed by atoms with E-state index in [2.05, 4.69) is 29.9 Å². The second-order valence-electron chi connectivity index (χ2n) is 7.90. The van der Waals surface area contributed by atoms with E-state index in [1.165, 1.54) is 0 Å². The fourth-order valence-corrected chi connectivity index (χ4v) is 3.09. The van der Waals surface area contributed by atoms with E-state index in [0.717, 1.165) is 34.2 Å². The first-order valence-electron chi connectivity index (χ1n) is 12.5. The molecule has 0 saturated carbocycles. The quantitative estimate of drug-likeness (QED) is 0.182. The van der Waals surface area contributed by atoms with Crippen LogP contribution in [0.25, 0.3) is 34.2 Å². The Hall–Kier alpha value is -5.54. The monoisotopic (exact) mass is 660 g/mol. The van der Waals surface area contributed by atoms with Crippen LogP contribution in [0.15, 0.2) is 146 Å². The van der Waals surface area contributed by atoms with Crippen LogP contribution in [0.1, 0.15) is 0 Å². The van der Waals surface area contributed by atoms with Crippen LogP contribution in [0.3, 0.4) is 0 Å². The SMILES string of the molecule is O=C(O)C(=O)O.[Ru].c1ccc(-c2ccccn2)nc1.c1ccc(-c2ccccn2)nc1.c1ccc(-c2ccccn2)nc1. The molecule has 0 unspecified atom stereocenters. The smallest absolute Gasteiger partial charge is 0.414 e. The van der Waals surface area contributed by atoms with Gasteiger partial charge in [0.15, 0.2) is 0 Å². The Morgan fingerprint density at radius 3 is 0.605 bits per heavy atom. The van der Waals surface area contributed by atoms with Crippen molar-refractivity contribution in [2.45, 2.75) is 0 Å². The number of pyridine rings is 6. The molecule has 6 aromatic heterocycles. The van der Waals surface area contributed by atoms with E-state index in [1.807, 2.05) is 109 Å². The molecule has 0 spiro atoms. The van der Waals surface area contributed by atoms with Crippen molar-refractivity contribution in [3.8, 4) is 34.2 Å². The molecule has 2 N–H and O–H groups in total. The molecule has 0 radical (unpaired) electrons. The summed E-state index contributed by atoms with van der Waals surface area (Å²) in [5, 5.41) is 14.8. The molecule has 6 rings (SSSR count). The van der Waals surface area contributed by atoms with Crippen LogP contribution < -0.4 is 0 Å². The predicted molar refractivity (Wildman–Crippen MR) is 158 cm³/mol. The van der Waals surface area contributed by atoms with Crippen molar-refractivity contribution in [1.29, 1.82) is 0 Å². The van der Waals surface area contributed by atoms with Crippen molar-refractivity contribution in [3.05, 3.63) is 146 Å². The summed E-state index contributed by atoms with van der Waals surface area (Å²) < 4.78 is 0. The molecule has 0 saturated heterocycles. The Morgan fingerprint density at radius 2 is 0.512 bits per heavy atom. The molecule has 0 aliphatic rings. The van der Waals surface area contributed by atoms with E-state index >= 15 is 0 Å². The Balaban J connectivity index is 0.000000204. The van der Waals surface area contributed by atoms with Gasteiger partial charge in [-0.2, -0.15) is 0 Å². The fourth-order valence-electron chi connectivity index (χ4n) is 3.09. The first-order chi connectivity index (χ1) is 20.5. The van der Waals surface area contributed by atoms with Crippen LogP contribution in [0.4, 0.5) is 0 Å². The van der Waals surface area contributed by atoms with Crippen LogP contribution in [0, 0.1) is 0 Å². The van der Waals surface area contributed by atoms with Gasteiger partial charge in [-0.05, 0) is 72.8 Å². The molecule has 6 heterocycles. The summed E-state index contributed by atoms with van der Waals surface area (Å²) in [6.45, 7) is 0. The first kappa shape index (κ1) is 33.7. The van der Waals surface area contributed by atoms with E-state index in [1.54, 1.807) is 37.2 Å². The average molecular weight is 660 g/mol. The molecule has 0 amide bonds. The molecule has 0 aromatic carbocycles. The van der Waals surface area contributed by atoms with Crippen molar-refractivity contribution in [2.24, 2.45) is 0 Å². The second-order valence-corrected chi connectivity index (χ2v) is 7.90. The molecule has 0 aliphatic carbocycles. The Bertz CT molecular complexity index is 1300. The summed E-state index contributed by atoms with van der Waals surface area (Å²) in [4.78, 5) is 43.3. The first-order valence-corrected chi connectivity index (χ1v) is 12.5. The predicted octanol–water partition coefficient (Wildman–Crippen LogP) is 5.58. The van der Waals surface area contributed by atoms with Gasteiger partial charge < -0.3 is 10.2 Å². The van der Waals surface area contributed by atoms with Crippen molar-refractivity contribution in [1.82, 2.24) is 29.9 Å². The second kappa shape index (κ2) is 19.5. The molecule has 0 atom stereocenters. The molecule has 216 valence electrons. The van der Waals surface area contributed by atoms with E-state index in [-0.39, 0.29) is 19.5 Å². The van der Waals surface area contributed by atoms with Gasteiger partial charge in [0.2, 0.25) is 0 Å². The third-order valence-electron chi connectivity index (χ3n) is 4.96. The van der Waals surface area contributed by atoms with Crippen LogP contribution in [-0.2, 0) is 29.1 Å². The summed E-state index contributed by atoms with van der Waals surface area (Å²) >= 11 is 0. The van der Waals surface area contributed by atoms with Crippen LogP contribution in [-0.4, -0.2) is 52.1 Å². The number of carbonyl (C=O) groups is 2. The Kier molecular flexibility index (Phi) is 15.3. The molecule has 10 nitrogen and oxygen atoms in total. The number of nitrogens with zero attached hydrogens (tertiary/aromatic N) is 6. The molecule has 6 aromatic rings. The number of aliphatic carboxylic acids is 2. The maximum absolute atomic E-state index is 9.10. The van der Waals surface area contributed by atoms with Gasteiger partial charge in [0.1, 0.15) is 0 Å². The van der Waals surface area contributed by atoms with Gasteiger partial charge in [-0.15, -0.1) is 0 Å². The standard InChI is InChI=1S/3C10H8N2.C2H2O4.Ru/c3*1-3-7-11-9(5-1)10-6-2-4-8-12-10;3-1(4)2(5)6;/h3*1-8H;(H,3,4)(H,5,6);. The summed E-state index contributed by atoms with van der Waals surface area (Å²) in [7, 11) is 0. The van der Waals surface area contributed by atoms with Crippen LogP contribution in [0.2, 0.25) is 0 Å². The number of carboxylic acids is 2. The van der Waals surface area contributed by atoms with Gasteiger partial charge in [0, 0.05) is 56.7 Å². The zero-order chi connectivity index (χ0) is 29.8. The third-order valence-corrected chi connectivity index (χ3v) is 4.96. The summed E-state index contributed by atoms with van der Waals surface area (Å²) in [5.41, 5.74) is 5.49. The van der Waals surface area contributed by atoms with Crippen molar-refractivity contribution in [3.63, 3.8) is 0 Å². The van der Waals surface area contributed by atoms with Gasteiger partial charge in [-0.25, -0.2) is 9.59 Å². The van der Waals surface area contributed by atoms with E-state index in [9.17, 15) is 0 Å². The van der Waals surface area contributed by atoms with Crippen LogP contribution in [0.5, 0.6) is 0 Å². The van der Waals surface area contributed by atoms with Crippen molar-refractivity contribution < 1.29 is 39.3 Å². The molecule has 0 bridgehead atoms. The zero-order valence-electron chi connectivity index (χ0n) is 22.6. The molecule has 11 heteroatoms. The third kappa shape index (κ3) is 12.7. The maximum atomic E-state index is 9.10. The Labute approximate surface area is 261 Å². The number of hydrogen-bond acceptors (Lipinski definition) is 8. The number of carboxylic acid groups (broad SMARTS) is 2. The maximum Gasteiger partial charge on any atom is 0.414 e. The van der Waals surface area contributed by atoms with Gasteiger partial charge in [0.25, 0.3) is 0 Å². The normalized spacial score (nSPS) is 9.12. The molecule has 43 heavy (non-hydrogen) atoms. The van der Waals surface area contributed by atoms with Crippen molar-refractivity contribution >= 4 is 11.9 Å². The number of rotatable bonds is 3. The average Bonchev–Trinajstić information content (AvgIpc) is 3.08.